The lowest BCUT2D eigenvalue weighted by Gasteiger charge is -2.59. The van der Waals surface area contributed by atoms with E-state index < -0.39 is 56.8 Å². The topological polar surface area (TPSA) is 132 Å². The summed E-state index contributed by atoms with van der Waals surface area (Å²) in [7, 11) is 0. The molecule has 1 unspecified atom stereocenters. The summed E-state index contributed by atoms with van der Waals surface area (Å²) in [6.07, 6.45) is 7.09. The quantitative estimate of drug-likeness (QED) is 0.325. The molecule has 0 spiro atoms. The molecule has 2 saturated carbocycles. The van der Waals surface area contributed by atoms with Crippen LogP contribution in [0.2, 0.25) is 0 Å². The molecule has 0 saturated heterocycles. The van der Waals surface area contributed by atoms with E-state index in [0.717, 1.165) is 36.8 Å². The van der Waals surface area contributed by atoms with Gasteiger partial charge in [-0.15, -0.1) is 0 Å². The molecule has 1 aromatic rings. The van der Waals surface area contributed by atoms with Crippen LogP contribution in [0, 0.1) is 34.5 Å². The van der Waals surface area contributed by atoms with Gasteiger partial charge < -0.3 is 20.4 Å². The van der Waals surface area contributed by atoms with Crippen molar-refractivity contribution in [3.63, 3.8) is 0 Å². The van der Waals surface area contributed by atoms with E-state index in [1.54, 1.807) is 13.0 Å². The van der Waals surface area contributed by atoms with Crippen molar-refractivity contribution >= 4 is 23.1 Å². The molecule has 7 heteroatoms. The number of hydrogen-bond donors (Lipinski definition) is 4. The number of hydrogen-bond acceptors (Lipinski definition) is 7. The van der Waals surface area contributed by atoms with E-state index in [1.807, 2.05) is 26.8 Å². The number of ketones is 3. The number of carbonyl (C=O) groups is 3. The van der Waals surface area contributed by atoms with Crippen LogP contribution in [-0.2, 0) is 27.2 Å². The highest BCUT2D eigenvalue weighted by molar-refractivity contribution is 6.24. The molecule has 0 aromatic heterocycles. The average Bonchev–Trinajstić information content (AvgIpc) is 2.86. The Balaban J connectivity index is 1.65. The van der Waals surface area contributed by atoms with Crippen LogP contribution in [0.5, 0.6) is 5.75 Å². The molecule has 4 aliphatic rings. The van der Waals surface area contributed by atoms with Crippen molar-refractivity contribution in [1.29, 1.82) is 0 Å². The Labute approximate surface area is 242 Å². The van der Waals surface area contributed by atoms with Crippen LogP contribution in [0.1, 0.15) is 96.8 Å². The Bertz CT molecular complexity index is 1390. The van der Waals surface area contributed by atoms with Crippen molar-refractivity contribution in [3.05, 3.63) is 45.7 Å². The molecular weight excluding hydrogens is 520 g/mol. The van der Waals surface area contributed by atoms with Gasteiger partial charge >= 0.3 is 0 Å². The van der Waals surface area contributed by atoms with Crippen molar-refractivity contribution in [1.82, 2.24) is 0 Å². The number of aromatic hydroxyl groups is 1. The summed E-state index contributed by atoms with van der Waals surface area (Å²) in [5, 5.41) is 46.0. The van der Waals surface area contributed by atoms with Crippen molar-refractivity contribution in [3.8, 4) is 5.75 Å². The number of Topliss-reactive ketones (excluding diaryl/α,β-unsaturated/α-hetero) is 3. The highest BCUT2D eigenvalue weighted by Gasteiger charge is 2.72. The summed E-state index contributed by atoms with van der Waals surface area (Å²) in [4.78, 5) is 40.6. The summed E-state index contributed by atoms with van der Waals surface area (Å²) < 4.78 is 0. The lowest BCUT2D eigenvalue weighted by Crippen LogP contribution is -2.69. The Hall–Kier alpha value is -2.93. The van der Waals surface area contributed by atoms with Gasteiger partial charge in [-0.1, -0.05) is 66.4 Å². The van der Waals surface area contributed by atoms with Crippen LogP contribution in [0.15, 0.2) is 29.0 Å². The van der Waals surface area contributed by atoms with E-state index in [0.29, 0.717) is 12.3 Å². The number of aryl methyl sites for hydroxylation is 1. The van der Waals surface area contributed by atoms with Gasteiger partial charge in [0.15, 0.2) is 17.2 Å². The Morgan fingerprint density at radius 3 is 2.27 bits per heavy atom. The van der Waals surface area contributed by atoms with E-state index >= 15 is 0 Å². The molecule has 222 valence electrons. The highest BCUT2D eigenvalue weighted by Crippen LogP contribution is 2.65. The van der Waals surface area contributed by atoms with Crippen molar-refractivity contribution in [2.24, 2.45) is 34.5 Å². The van der Waals surface area contributed by atoms with Crippen molar-refractivity contribution < 1.29 is 34.8 Å². The molecule has 0 aliphatic heterocycles. The molecule has 41 heavy (non-hydrogen) atoms. The second kappa shape index (κ2) is 9.82. The minimum atomic E-state index is -2.58. The van der Waals surface area contributed by atoms with Gasteiger partial charge in [-0.2, -0.15) is 0 Å². The number of carbonyl (C=O) groups excluding carboxylic acids is 3. The number of phenols is 1. The second-order valence-electron chi connectivity index (χ2n) is 14.2. The predicted octanol–water partition coefficient (Wildman–Crippen LogP) is 5.95. The fraction of sp³-hybridized carbons (Fsp3) is 0.618. The van der Waals surface area contributed by atoms with Gasteiger partial charge in [-0.05, 0) is 67.6 Å². The van der Waals surface area contributed by atoms with E-state index in [-0.39, 0.29) is 29.2 Å². The van der Waals surface area contributed by atoms with E-state index in [2.05, 4.69) is 6.92 Å². The maximum absolute atomic E-state index is 14.4. The second-order valence-corrected chi connectivity index (χ2v) is 14.2. The summed E-state index contributed by atoms with van der Waals surface area (Å²) in [5.74, 6) is -3.58. The van der Waals surface area contributed by atoms with Gasteiger partial charge in [0.2, 0.25) is 5.78 Å². The maximum atomic E-state index is 14.4. The number of allylic oxidation sites excluding steroid dienone is 1. The predicted molar refractivity (Wildman–Crippen MR) is 155 cm³/mol. The molecule has 0 heterocycles. The summed E-state index contributed by atoms with van der Waals surface area (Å²) in [5.41, 5.74) is -3.65. The monoisotopic (exact) mass is 564 g/mol. The average molecular weight is 565 g/mol. The summed E-state index contributed by atoms with van der Waals surface area (Å²) in [6, 6.07) is 3.45. The summed E-state index contributed by atoms with van der Waals surface area (Å²) in [6.45, 7) is 10.5. The van der Waals surface area contributed by atoms with E-state index in [4.69, 9.17) is 0 Å². The highest BCUT2D eigenvalue weighted by atomic mass is 16.3. The SMILES string of the molecule is CC(=O)C1=C(O)[C@]2(O)C(=O)C3=C(O)c4c(O)ccc(CCC5CCC(C)CC5)c4C[C@]3(C)C[C@]2(C)C(C(C)C)C1=O. The van der Waals surface area contributed by atoms with Gasteiger partial charge in [-0.3, -0.25) is 14.4 Å². The number of benzene rings is 1. The van der Waals surface area contributed by atoms with Crippen LogP contribution in [0.3, 0.4) is 0 Å². The van der Waals surface area contributed by atoms with Crippen LogP contribution < -0.4 is 0 Å². The number of phenolic OH excluding ortho intramolecular Hbond substituents is 1. The van der Waals surface area contributed by atoms with Gasteiger partial charge in [0, 0.05) is 22.3 Å². The standard InChI is InChI=1S/C34H44O7/c1-17(2)26-28(37)24(19(4)35)30(39)34(41)31(40)27-29(38)25-22(15-32(27,5)16-33(26,34)6)21(13-14-23(25)36)12-11-20-9-7-18(3)8-10-20/h13-14,17-18,20,26,36,38-39,41H,7-12,15-16H2,1-6H3/t18?,20?,26?,32-,33-,34+/m1/s1. The third-order valence-corrected chi connectivity index (χ3v) is 10.9. The molecular formula is C34H44O7. The molecule has 4 aliphatic carbocycles. The Kier molecular flexibility index (Phi) is 7.08. The molecule has 0 amide bonds. The smallest absolute Gasteiger partial charge is 0.203 e. The van der Waals surface area contributed by atoms with Crippen LogP contribution in [0.25, 0.3) is 5.76 Å². The Morgan fingerprint density at radius 1 is 1.05 bits per heavy atom. The minimum Gasteiger partial charge on any atom is -0.508 e. The zero-order valence-corrected chi connectivity index (χ0v) is 25.1. The molecule has 1 aromatic carbocycles. The van der Waals surface area contributed by atoms with Crippen LogP contribution in [-0.4, -0.2) is 43.4 Å². The van der Waals surface area contributed by atoms with Gasteiger partial charge in [-0.25, -0.2) is 0 Å². The first kappa shape index (κ1) is 29.6. The Morgan fingerprint density at radius 2 is 1.68 bits per heavy atom. The van der Waals surface area contributed by atoms with E-state index in [1.165, 1.54) is 25.7 Å². The fourth-order valence-electron chi connectivity index (χ4n) is 8.99. The first-order valence-electron chi connectivity index (χ1n) is 15.1. The first-order chi connectivity index (χ1) is 19.1. The molecule has 7 nitrogen and oxygen atoms in total. The normalized spacial score (nSPS) is 35.4. The molecule has 0 bridgehead atoms. The van der Waals surface area contributed by atoms with Gasteiger partial charge in [0.25, 0.3) is 0 Å². The minimum absolute atomic E-state index is 0.0787. The largest absolute Gasteiger partial charge is 0.508 e. The third-order valence-electron chi connectivity index (χ3n) is 10.9. The number of fused-ring (bicyclic) bond motifs is 3. The van der Waals surface area contributed by atoms with Crippen LogP contribution >= 0.6 is 0 Å². The number of aliphatic hydroxyl groups excluding tert-OH is 2. The number of rotatable bonds is 5. The van der Waals surface area contributed by atoms with Gasteiger partial charge in [0.1, 0.15) is 22.8 Å². The van der Waals surface area contributed by atoms with E-state index in [9.17, 15) is 34.8 Å². The zero-order chi connectivity index (χ0) is 30.2. The number of aliphatic hydroxyl groups is 3. The lowest BCUT2D eigenvalue weighted by molar-refractivity contribution is -0.178. The van der Waals surface area contributed by atoms with Gasteiger partial charge in [0.05, 0.1) is 5.56 Å². The summed E-state index contributed by atoms with van der Waals surface area (Å²) >= 11 is 0. The maximum Gasteiger partial charge on any atom is 0.203 e. The molecule has 0 radical (unpaired) electrons. The first-order valence-corrected chi connectivity index (χ1v) is 15.1. The lowest BCUT2D eigenvalue weighted by atomic mass is 9.43. The van der Waals surface area contributed by atoms with Crippen molar-refractivity contribution in [2.45, 2.75) is 98.5 Å². The van der Waals surface area contributed by atoms with Crippen LogP contribution in [0.4, 0.5) is 0 Å². The molecule has 4 N–H and O–H groups in total. The zero-order valence-electron chi connectivity index (χ0n) is 25.1. The molecule has 5 rings (SSSR count). The molecule has 4 atom stereocenters. The van der Waals surface area contributed by atoms with Crippen molar-refractivity contribution in [2.75, 3.05) is 0 Å². The molecule has 2 fully saturated rings. The fourth-order valence-corrected chi connectivity index (χ4v) is 8.99. The third kappa shape index (κ3) is 4.13.